The third-order valence-electron chi connectivity index (χ3n) is 7.28. The van der Waals surface area contributed by atoms with Crippen molar-refractivity contribution >= 4 is 11.8 Å². The molecule has 1 aliphatic rings. The summed E-state index contributed by atoms with van der Waals surface area (Å²) in [5.74, 6) is 0.243. The van der Waals surface area contributed by atoms with Gasteiger partial charge < -0.3 is 14.5 Å². The Bertz CT molecular complexity index is 1150. The predicted molar refractivity (Wildman–Crippen MR) is 139 cm³/mol. The Morgan fingerprint density at radius 1 is 1.06 bits per heavy atom. The van der Waals surface area contributed by atoms with Crippen LogP contribution < -0.4 is 0 Å². The normalized spacial score (nSPS) is 15.9. The maximum absolute atomic E-state index is 13.5. The summed E-state index contributed by atoms with van der Waals surface area (Å²) in [7, 11) is 5.29. The number of hydrogen-bond donors (Lipinski definition) is 0. The molecule has 4 rings (SSSR count). The van der Waals surface area contributed by atoms with Crippen LogP contribution in [0.3, 0.4) is 0 Å². The van der Waals surface area contributed by atoms with Crippen LogP contribution in [0.4, 0.5) is 0 Å². The standard InChI is InChI=1S/C29H36N4O3/c1-21-19-26(32(3)30-21)28(34)31(2)25(20-22-11-7-5-8-12-22)23-15-17-33(18-16-23)29(35)27(36-4)24-13-9-6-10-14-24/h5-14,19,23,25,27H,15-18,20H2,1-4H3/t25-,27+/m0/s1. The van der Waals surface area contributed by atoms with Crippen molar-refractivity contribution in [2.75, 3.05) is 27.2 Å². The maximum Gasteiger partial charge on any atom is 0.272 e. The highest BCUT2D eigenvalue weighted by atomic mass is 16.5. The highest BCUT2D eigenvalue weighted by Gasteiger charge is 2.35. The minimum atomic E-state index is -0.597. The van der Waals surface area contributed by atoms with E-state index in [2.05, 4.69) is 17.2 Å². The van der Waals surface area contributed by atoms with Crippen LogP contribution >= 0.6 is 0 Å². The second-order valence-corrected chi connectivity index (χ2v) is 9.66. The molecule has 0 bridgehead atoms. The monoisotopic (exact) mass is 488 g/mol. The highest BCUT2D eigenvalue weighted by molar-refractivity contribution is 5.92. The van der Waals surface area contributed by atoms with Crippen LogP contribution in [0.1, 0.15) is 46.3 Å². The number of aryl methyl sites for hydroxylation is 2. The average molecular weight is 489 g/mol. The summed E-state index contributed by atoms with van der Waals surface area (Å²) in [6, 6.07) is 21.8. The minimum absolute atomic E-state index is 0.00319. The Balaban J connectivity index is 1.49. The van der Waals surface area contributed by atoms with Gasteiger partial charge in [0.15, 0.2) is 6.10 Å². The molecule has 36 heavy (non-hydrogen) atoms. The molecule has 2 atom stereocenters. The number of likely N-dealkylation sites (tertiary alicyclic amines) is 1. The number of benzene rings is 2. The van der Waals surface area contributed by atoms with Crippen molar-refractivity contribution in [1.29, 1.82) is 0 Å². The van der Waals surface area contributed by atoms with Crippen molar-refractivity contribution in [1.82, 2.24) is 19.6 Å². The lowest BCUT2D eigenvalue weighted by Gasteiger charge is -2.40. The molecule has 2 heterocycles. The van der Waals surface area contributed by atoms with Gasteiger partial charge in [0.1, 0.15) is 5.69 Å². The Labute approximate surface area is 213 Å². The lowest BCUT2D eigenvalue weighted by Crippen LogP contribution is -2.49. The number of carbonyl (C=O) groups is 2. The van der Waals surface area contributed by atoms with E-state index < -0.39 is 6.10 Å². The fraction of sp³-hybridized carbons (Fsp3) is 0.414. The number of piperidine rings is 1. The molecule has 2 aromatic carbocycles. The number of aromatic nitrogens is 2. The largest absolute Gasteiger partial charge is 0.367 e. The number of ether oxygens (including phenoxy) is 1. The number of likely N-dealkylation sites (N-methyl/N-ethyl adjacent to an activating group) is 1. The van der Waals surface area contributed by atoms with E-state index in [1.165, 1.54) is 5.56 Å². The van der Waals surface area contributed by atoms with Crippen molar-refractivity contribution in [3.63, 3.8) is 0 Å². The van der Waals surface area contributed by atoms with Gasteiger partial charge in [-0.05, 0) is 49.3 Å². The van der Waals surface area contributed by atoms with Crippen LogP contribution in [0.15, 0.2) is 66.7 Å². The highest BCUT2D eigenvalue weighted by Crippen LogP contribution is 2.29. The molecule has 3 aromatic rings. The number of hydrogen-bond acceptors (Lipinski definition) is 4. The van der Waals surface area contributed by atoms with Gasteiger partial charge in [0.25, 0.3) is 11.8 Å². The fourth-order valence-electron chi connectivity index (χ4n) is 5.30. The Hall–Kier alpha value is -3.45. The van der Waals surface area contributed by atoms with Crippen molar-refractivity contribution in [2.45, 2.75) is 38.3 Å². The molecule has 1 fully saturated rings. The SMILES string of the molecule is CO[C@@H](C(=O)N1CCC([C@H](Cc2ccccc2)N(C)C(=O)c2cc(C)nn2C)CC1)c1ccccc1. The molecule has 0 unspecified atom stereocenters. The first-order valence-corrected chi connectivity index (χ1v) is 12.6. The molecular formula is C29H36N4O3. The van der Waals surface area contributed by atoms with Gasteiger partial charge in [-0.15, -0.1) is 0 Å². The molecule has 1 aromatic heterocycles. The Morgan fingerprint density at radius 3 is 2.22 bits per heavy atom. The zero-order chi connectivity index (χ0) is 25.7. The quantitative estimate of drug-likeness (QED) is 0.480. The summed E-state index contributed by atoms with van der Waals surface area (Å²) in [5.41, 5.74) is 3.48. The topological polar surface area (TPSA) is 67.7 Å². The van der Waals surface area contributed by atoms with Crippen LogP contribution in [-0.2, 0) is 23.0 Å². The smallest absolute Gasteiger partial charge is 0.272 e. The summed E-state index contributed by atoms with van der Waals surface area (Å²) in [5, 5.41) is 4.36. The van der Waals surface area contributed by atoms with E-state index >= 15 is 0 Å². The van der Waals surface area contributed by atoms with E-state index in [1.54, 1.807) is 11.8 Å². The molecule has 7 nitrogen and oxygen atoms in total. The van der Waals surface area contributed by atoms with Gasteiger partial charge in [0.2, 0.25) is 0 Å². The number of rotatable bonds is 8. The zero-order valence-corrected chi connectivity index (χ0v) is 21.6. The van der Waals surface area contributed by atoms with Crippen LogP contribution in [0, 0.1) is 12.8 Å². The second kappa shape index (κ2) is 11.5. The molecule has 0 saturated carbocycles. The number of nitrogens with zero attached hydrogens (tertiary/aromatic N) is 4. The molecular weight excluding hydrogens is 452 g/mol. The van der Waals surface area contributed by atoms with E-state index in [4.69, 9.17) is 4.74 Å². The first kappa shape index (κ1) is 25.6. The molecule has 1 aliphatic heterocycles. The minimum Gasteiger partial charge on any atom is -0.367 e. The maximum atomic E-state index is 13.5. The van der Waals surface area contributed by atoms with Gasteiger partial charge >= 0.3 is 0 Å². The van der Waals surface area contributed by atoms with Gasteiger partial charge in [-0.1, -0.05) is 60.7 Å². The molecule has 0 radical (unpaired) electrons. The van der Waals surface area contributed by atoms with Crippen LogP contribution in [0.2, 0.25) is 0 Å². The number of amides is 2. The summed E-state index contributed by atoms with van der Waals surface area (Å²) in [4.78, 5) is 30.6. The predicted octanol–water partition coefficient (Wildman–Crippen LogP) is 4.04. The van der Waals surface area contributed by atoms with E-state index in [9.17, 15) is 9.59 Å². The summed E-state index contributed by atoms with van der Waals surface area (Å²) in [6.07, 6.45) is 1.83. The third-order valence-corrected chi connectivity index (χ3v) is 7.28. The fourth-order valence-corrected chi connectivity index (χ4v) is 5.30. The average Bonchev–Trinajstić information content (AvgIpc) is 3.25. The van der Waals surface area contributed by atoms with Gasteiger partial charge in [0, 0.05) is 40.3 Å². The Kier molecular flexibility index (Phi) is 8.21. The van der Waals surface area contributed by atoms with Gasteiger partial charge in [0.05, 0.1) is 5.69 Å². The van der Waals surface area contributed by atoms with Crippen molar-refractivity contribution in [3.8, 4) is 0 Å². The lowest BCUT2D eigenvalue weighted by atomic mass is 9.84. The third kappa shape index (κ3) is 5.68. The first-order valence-electron chi connectivity index (χ1n) is 12.6. The van der Waals surface area contributed by atoms with Crippen molar-refractivity contribution < 1.29 is 14.3 Å². The van der Waals surface area contributed by atoms with Crippen molar-refractivity contribution in [3.05, 3.63) is 89.2 Å². The number of carbonyl (C=O) groups excluding carboxylic acids is 2. The molecule has 0 aliphatic carbocycles. The van der Waals surface area contributed by atoms with Gasteiger partial charge in [-0.2, -0.15) is 5.10 Å². The van der Waals surface area contributed by atoms with Gasteiger partial charge in [-0.3, -0.25) is 14.3 Å². The molecule has 0 N–H and O–H groups in total. The molecule has 0 spiro atoms. The Morgan fingerprint density at radius 2 is 1.67 bits per heavy atom. The zero-order valence-electron chi connectivity index (χ0n) is 21.6. The molecule has 190 valence electrons. The van der Waals surface area contributed by atoms with Crippen LogP contribution in [0.5, 0.6) is 0 Å². The van der Waals surface area contributed by atoms with Gasteiger partial charge in [-0.25, -0.2) is 0 Å². The number of methoxy groups -OCH3 is 1. The van der Waals surface area contributed by atoms with Crippen LogP contribution in [-0.4, -0.2) is 64.7 Å². The van der Waals surface area contributed by atoms with E-state index in [0.29, 0.717) is 18.8 Å². The summed E-state index contributed by atoms with van der Waals surface area (Å²) in [6.45, 7) is 3.19. The van der Waals surface area contributed by atoms with E-state index in [0.717, 1.165) is 30.5 Å². The van der Waals surface area contributed by atoms with Crippen molar-refractivity contribution in [2.24, 2.45) is 13.0 Å². The molecule has 7 heteroatoms. The van der Waals surface area contributed by atoms with E-state index in [1.807, 2.05) is 85.4 Å². The molecule has 1 saturated heterocycles. The lowest BCUT2D eigenvalue weighted by molar-refractivity contribution is -0.144. The second-order valence-electron chi connectivity index (χ2n) is 9.66. The molecule has 2 amide bonds. The summed E-state index contributed by atoms with van der Waals surface area (Å²) >= 11 is 0. The summed E-state index contributed by atoms with van der Waals surface area (Å²) < 4.78 is 7.24. The van der Waals surface area contributed by atoms with E-state index in [-0.39, 0.29) is 23.8 Å². The van der Waals surface area contributed by atoms with Crippen LogP contribution in [0.25, 0.3) is 0 Å². The first-order chi connectivity index (χ1) is 17.4.